The van der Waals surface area contributed by atoms with Gasteiger partial charge >= 0.3 is 6.03 Å². The van der Waals surface area contributed by atoms with Crippen LogP contribution in [-0.4, -0.2) is 19.0 Å². The normalized spacial score (nSPS) is 10.2. The molecule has 0 heterocycles. The summed E-state index contributed by atoms with van der Waals surface area (Å²) in [5.41, 5.74) is 0.778. The van der Waals surface area contributed by atoms with E-state index in [1.54, 1.807) is 24.3 Å². The molecular formula is C16H14F2N2O2. The van der Waals surface area contributed by atoms with Crippen LogP contribution in [-0.2, 0) is 0 Å². The van der Waals surface area contributed by atoms with Gasteiger partial charge in [-0.15, -0.1) is 0 Å². The number of amides is 3. The lowest BCUT2D eigenvalue weighted by atomic mass is 10.2. The van der Waals surface area contributed by atoms with Gasteiger partial charge in [-0.25, -0.2) is 13.6 Å². The first-order valence-electron chi connectivity index (χ1n) is 6.50. The molecule has 3 amide bonds. The fourth-order valence-corrected chi connectivity index (χ4v) is 1.84. The van der Waals surface area contributed by atoms with Gasteiger partial charge in [0.15, 0.2) is 0 Å². The summed E-state index contributed by atoms with van der Waals surface area (Å²) in [5.74, 6) is -3.17. The molecule has 0 aliphatic rings. The number of hydrogen-bond donors (Lipinski definition) is 1. The van der Waals surface area contributed by atoms with E-state index in [1.165, 1.54) is 11.9 Å². The minimum absolute atomic E-state index is 0.546. The van der Waals surface area contributed by atoms with Crippen molar-refractivity contribution in [2.45, 2.75) is 6.92 Å². The van der Waals surface area contributed by atoms with Gasteiger partial charge in [-0.2, -0.15) is 0 Å². The van der Waals surface area contributed by atoms with E-state index in [0.717, 1.165) is 23.8 Å². The third kappa shape index (κ3) is 3.28. The van der Waals surface area contributed by atoms with Crippen molar-refractivity contribution >= 4 is 17.6 Å². The Morgan fingerprint density at radius 1 is 1.00 bits per heavy atom. The van der Waals surface area contributed by atoms with E-state index < -0.39 is 29.1 Å². The van der Waals surface area contributed by atoms with Crippen LogP contribution in [0.15, 0.2) is 42.5 Å². The van der Waals surface area contributed by atoms with E-state index in [-0.39, 0.29) is 0 Å². The van der Waals surface area contributed by atoms with Crippen LogP contribution >= 0.6 is 0 Å². The van der Waals surface area contributed by atoms with Crippen LogP contribution in [0, 0.1) is 18.6 Å². The summed E-state index contributed by atoms with van der Waals surface area (Å²) >= 11 is 0. The molecule has 0 fully saturated rings. The Morgan fingerprint density at radius 2 is 1.55 bits per heavy atom. The standard InChI is InChI=1S/C16H14F2N2O2/c1-10-6-8-11(9-7-10)20(2)16(22)19-15(21)14-12(17)4-3-5-13(14)18/h3-9H,1-2H3,(H,19,21,22). The zero-order valence-electron chi connectivity index (χ0n) is 12.1. The predicted octanol–water partition coefficient (Wildman–Crippen LogP) is 3.26. The minimum atomic E-state index is -1.13. The summed E-state index contributed by atoms with van der Waals surface area (Å²) in [6.07, 6.45) is 0. The van der Waals surface area contributed by atoms with Gasteiger partial charge in [0.2, 0.25) is 0 Å². The number of anilines is 1. The summed E-state index contributed by atoms with van der Waals surface area (Å²) in [4.78, 5) is 25.0. The first-order chi connectivity index (χ1) is 10.4. The van der Waals surface area contributed by atoms with Crippen LogP contribution in [0.5, 0.6) is 0 Å². The van der Waals surface area contributed by atoms with Crippen molar-refractivity contribution in [2.24, 2.45) is 0 Å². The Labute approximate surface area is 126 Å². The van der Waals surface area contributed by atoms with E-state index in [0.29, 0.717) is 5.69 Å². The predicted molar refractivity (Wildman–Crippen MR) is 78.8 cm³/mol. The van der Waals surface area contributed by atoms with Crippen molar-refractivity contribution in [3.05, 3.63) is 65.2 Å². The molecule has 2 aromatic rings. The molecule has 0 saturated heterocycles. The highest BCUT2D eigenvalue weighted by molar-refractivity contribution is 6.08. The number of nitrogens with zero attached hydrogens (tertiary/aromatic N) is 1. The molecule has 4 nitrogen and oxygen atoms in total. The molecule has 2 aromatic carbocycles. The van der Waals surface area contributed by atoms with Crippen LogP contribution in [0.1, 0.15) is 15.9 Å². The van der Waals surface area contributed by atoms with E-state index in [9.17, 15) is 18.4 Å². The maximum absolute atomic E-state index is 13.5. The lowest BCUT2D eigenvalue weighted by Crippen LogP contribution is -2.41. The van der Waals surface area contributed by atoms with Gasteiger partial charge in [0.05, 0.1) is 0 Å². The molecule has 0 unspecified atom stereocenters. The van der Waals surface area contributed by atoms with Crippen LogP contribution in [0.25, 0.3) is 0 Å². The SMILES string of the molecule is Cc1ccc(N(C)C(=O)NC(=O)c2c(F)cccc2F)cc1. The number of rotatable bonds is 2. The van der Waals surface area contributed by atoms with Gasteiger partial charge in [-0.3, -0.25) is 15.0 Å². The topological polar surface area (TPSA) is 49.4 Å². The Balaban J connectivity index is 2.14. The zero-order chi connectivity index (χ0) is 16.3. The number of carbonyl (C=O) groups is 2. The summed E-state index contributed by atoms with van der Waals surface area (Å²) in [6.45, 7) is 1.90. The van der Waals surface area contributed by atoms with E-state index in [4.69, 9.17) is 0 Å². The molecule has 0 aromatic heterocycles. The molecule has 0 aliphatic heterocycles. The zero-order valence-corrected chi connectivity index (χ0v) is 12.1. The fourth-order valence-electron chi connectivity index (χ4n) is 1.84. The quantitative estimate of drug-likeness (QED) is 0.926. The average molecular weight is 304 g/mol. The highest BCUT2D eigenvalue weighted by atomic mass is 19.1. The lowest BCUT2D eigenvalue weighted by molar-refractivity contribution is 0.0957. The highest BCUT2D eigenvalue weighted by Gasteiger charge is 2.21. The van der Waals surface area contributed by atoms with E-state index in [2.05, 4.69) is 0 Å². The molecular weight excluding hydrogens is 290 g/mol. The first kappa shape index (κ1) is 15.6. The summed E-state index contributed by atoms with van der Waals surface area (Å²) in [6, 6.07) is 9.26. The number of benzene rings is 2. The van der Waals surface area contributed by atoms with Gasteiger partial charge in [-0.05, 0) is 31.2 Å². The van der Waals surface area contributed by atoms with Crippen LogP contribution in [0.4, 0.5) is 19.3 Å². The number of imide groups is 1. The van der Waals surface area contributed by atoms with Gasteiger partial charge in [0.1, 0.15) is 17.2 Å². The van der Waals surface area contributed by atoms with Crippen molar-refractivity contribution in [1.82, 2.24) is 5.32 Å². The Hall–Kier alpha value is -2.76. The monoisotopic (exact) mass is 304 g/mol. The molecule has 0 atom stereocenters. The smallest absolute Gasteiger partial charge is 0.297 e. The number of aryl methyl sites for hydroxylation is 1. The third-order valence-corrected chi connectivity index (χ3v) is 3.14. The van der Waals surface area contributed by atoms with Gasteiger partial charge in [0.25, 0.3) is 5.91 Å². The minimum Gasteiger partial charge on any atom is -0.297 e. The lowest BCUT2D eigenvalue weighted by Gasteiger charge is -2.17. The van der Waals surface area contributed by atoms with Crippen molar-refractivity contribution < 1.29 is 18.4 Å². The van der Waals surface area contributed by atoms with Crippen molar-refractivity contribution in [2.75, 3.05) is 11.9 Å². The fraction of sp³-hybridized carbons (Fsp3) is 0.125. The van der Waals surface area contributed by atoms with Gasteiger partial charge in [-0.1, -0.05) is 23.8 Å². The molecule has 0 radical (unpaired) electrons. The molecule has 0 aliphatic carbocycles. The Morgan fingerprint density at radius 3 is 2.09 bits per heavy atom. The summed E-state index contributed by atoms with van der Waals surface area (Å²) in [5, 5.41) is 1.96. The number of hydrogen-bond acceptors (Lipinski definition) is 2. The molecule has 1 N–H and O–H groups in total. The molecule has 22 heavy (non-hydrogen) atoms. The number of halogens is 2. The van der Waals surface area contributed by atoms with Crippen LogP contribution in [0.3, 0.4) is 0 Å². The first-order valence-corrected chi connectivity index (χ1v) is 6.50. The summed E-state index contributed by atoms with van der Waals surface area (Å²) in [7, 11) is 1.45. The number of carbonyl (C=O) groups excluding carboxylic acids is 2. The maximum Gasteiger partial charge on any atom is 0.328 e. The highest BCUT2D eigenvalue weighted by Crippen LogP contribution is 2.15. The van der Waals surface area contributed by atoms with Crippen LogP contribution < -0.4 is 10.2 Å². The van der Waals surface area contributed by atoms with Gasteiger partial charge in [0, 0.05) is 12.7 Å². The van der Waals surface area contributed by atoms with Crippen molar-refractivity contribution in [3.8, 4) is 0 Å². The largest absolute Gasteiger partial charge is 0.328 e. The second-order valence-electron chi connectivity index (χ2n) is 4.75. The van der Waals surface area contributed by atoms with Gasteiger partial charge < -0.3 is 0 Å². The molecule has 6 heteroatoms. The molecule has 0 saturated carbocycles. The van der Waals surface area contributed by atoms with E-state index >= 15 is 0 Å². The molecule has 0 bridgehead atoms. The number of urea groups is 1. The molecule has 2 rings (SSSR count). The van der Waals surface area contributed by atoms with Crippen molar-refractivity contribution in [1.29, 1.82) is 0 Å². The maximum atomic E-state index is 13.5. The Bertz CT molecular complexity index is 694. The third-order valence-electron chi connectivity index (χ3n) is 3.14. The Kier molecular flexibility index (Phi) is 4.50. The average Bonchev–Trinajstić information content (AvgIpc) is 2.47. The van der Waals surface area contributed by atoms with Crippen LogP contribution in [0.2, 0.25) is 0 Å². The second-order valence-corrected chi connectivity index (χ2v) is 4.75. The second kappa shape index (κ2) is 6.34. The molecule has 114 valence electrons. The van der Waals surface area contributed by atoms with E-state index in [1.807, 2.05) is 12.2 Å². The summed E-state index contributed by atoms with van der Waals surface area (Å²) < 4.78 is 27.0. The van der Waals surface area contributed by atoms with Crippen molar-refractivity contribution in [3.63, 3.8) is 0 Å². The molecule has 0 spiro atoms. The number of nitrogens with one attached hydrogen (secondary N) is 1.